The van der Waals surface area contributed by atoms with Gasteiger partial charge >= 0.3 is 0 Å². The Balaban J connectivity index is 2.40. The van der Waals surface area contributed by atoms with Crippen LogP contribution in [0.5, 0.6) is 0 Å². The molecule has 0 aliphatic heterocycles. The van der Waals surface area contributed by atoms with Crippen molar-refractivity contribution < 1.29 is 17.6 Å². The van der Waals surface area contributed by atoms with E-state index in [1.165, 1.54) is 30.3 Å². The molecule has 0 aliphatic rings. The molecule has 0 bridgehead atoms. The number of hydrogen-bond acceptors (Lipinski definition) is 4. The van der Waals surface area contributed by atoms with Gasteiger partial charge in [-0.1, -0.05) is 24.2 Å². The molecule has 1 N–H and O–H groups in total. The Morgan fingerprint density at radius 2 is 1.93 bits per heavy atom. The number of carbonyl (C=O) groups is 1. The van der Waals surface area contributed by atoms with E-state index in [0.29, 0.717) is 12.0 Å². The number of halogens is 1. The van der Waals surface area contributed by atoms with Gasteiger partial charge in [0, 0.05) is 22.7 Å². The molecule has 2 rings (SSSR count). The molecule has 0 aliphatic carbocycles. The van der Waals surface area contributed by atoms with Crippen LogP contribution in [0.25, 0.3) is 10.4 Å². The number of amides is 1. The van der Waals surface area contributed by atoms with Crippen molar-refractivity contribution in [2.45, 2.75) is 26.3 Å². The number of sulfonamides is 1. The van der Waals surface area contributed by atoms with Crippen LogP contribution >= 0.6 is 0 Å². The summed E-state index contributed by atoms with van der Waals surface area (Å²) in [6, 6.07) is 9.53. The van der Waals surface area contributed by atoms with Crippen LogP contribution in [0.3, 0.4) is 0 Å². The molecule has 1 atom stereocenters. The Labute approximate surface area is 169 Å². The van der Waals surface area contributed by atoms with Crippen LogP contribution in [-0.2, 0) is 10.0 Å². The number of carbonyl (C=O) groups excluding carboxylic acids is 1. The minimum absolute atomic E-state index is 0.120. The lowest BCUT2D eigenvalue weighted by Gasteiger charge is -2.23. The largest absolute Gasteiger partial charge is 0.346 e. The Morgan fingerprint density at radius 3 is 2.48 bits per heavy atom. The molecule has 0 fully saturated rings. The van der Waals surface area contributed by atoms with Crippen LogP contribution in [0.15, 0.2) is 47.6 Å². The number of nitrogens with zero attached hydrogens (tertiary/aromatic N) is 4. The summed E-state index contributed by atoms with van der Waals surface area (Å²) in [4.78, 5) is 15.5. The molecule has 2 aromatic rings. The second-order valence-corrected chi connectivity index (χ2v) is 8.42. The van der Waals surface area contributed by atoms with Crippen molar-refractivity contribution in [3.63, 3.8) is 0 Å². The zero-order valence-corrected chi connectivity index (χ0v) is 17.1. The zero-order valence-electron chi connectivity index (χ0n) is 16.3. The van der Waals surface area contributed by atoms with Gasteiger partial charge in [0.15, 0.2) is 0 Å². The summed E-state index contributed by atoms with van der Waals surface area (Å²) in [5, 5.41) is 6.29. The minimum Gasteiger partial charge on any atom is -0.346 e. The summed E-state index contributed by atoms with van der Waals surface area (Å²) in [6.07, 6.45) is 1.63. The van der Waals surface area contributed by atoms with Crippen LogP contribution in [0.4, 0.5) is 15.8 Å². The molecule has 29 heavy (non-hydrogen) atoms. The third-order valence-corrected chi connectivity index (χ3v) is 5.35. The first-order chi connectivity index (χ1) is 13.7. The van der Waals surface area contributed by atoms with Crippen LogP contribution in [0.2, 0.25) is 0 Å². The summed E-state index contributed by atoms with van der Waals surface area (Å²) < 4.78 is 38.6. The SMILES string of the molecule is CCCN(c1cc(N=[N+]=[N-])cc(C(=O)NC(C)c2ccc(F)cc2)c1)S(C)(=O)=O. The van der Waals surface area contributed by atoms with E-state index in [2.05, 4.69) is 15.3 Å². The van der Waals surface area contributed by atoms with E-state index in [1.54, 1.807) is 19.1 Å². The predicted octanol–water partition coefficient (Wildman–Crippen LogP) is 4.43. The first-order valence-corrected chi connectivity index (χ1v) is 10.7. The summed E-state index contributed by atoms with van der Waals surface area (Å²) in [5.41, 5.74) is 9.95. The lowest BCUT2D eigenvalue weighted by atomic mass is 10.1. The van der Waals surface area contributed by atoms with Gasteiger partial charge in [-0.3, -0.25) is 9.10 Å². The highest BCUT2D eigenvalue weighted by Crippen LogP contribution is 2.27. The van der Waals surface area contributed by atoms with Crippen molar-refractivity contribution in [3.8, 4) is 0 Å². The van der Waals surface area contributed by atoms with Gasteiger partial charge in [-0.15, -0.1) is 0 Å². The number of rotatable bonds is 8. The van der Waals surface area contributed by atoms with Crippen molar-refractivity contribution in [2.75, 3.05) is 17.1 Å². The third kappa shape index (κ3) is 5.94. The van der Waals surface area contributed by atoms with Gasteiger partial charge < -0.3 is 5.32 Å². The normalized spacial score (nSPS) is 12.0. The van der Waals surface area contributed by atoms with Gasteiger partial charge in [-0.05, 0) is 54.8 Å². The van der Waals surface area contributed by atoms with Crippen LogP contribution in [0.1, 0.15) is 42.2 Å². The average Bonchev–Trinajstić information content (AvgIpc) is 2.65. The Bertz CT molecular complexity index is 1030. The molecule has 10 heteroatoms. The Hall–Kier alpha value is -3.10. The maximum absolute atomic E-state index is 13.1. The Morgan fingerprint density at radius 1 is 1.28 bits per heavy atom. The fraction of sp³-hybridized carbons (Fsp3) is 0.316. The van der Waals surface area contributed by atoms with Crippen molar-refractivity contribution in [1.29, 1.82) is 0 Å². The van der Waals surface area contributed by atoms with Gasteiger partial charge in [-0.2, -0.15) is 0 Å². The van der Waals surface area contributed by atoms with Crippen molar-refractivity contribution in [3.05, 3.63) is 69.9 Å². The molecule has 1 amide bonds. The number of hydrogen-bond donors (Lipinski definition) is 1. The monoisotopic (exact) mass is 419 g/mol. The van der Waals surface area contributed by atoms with E-state index >= 15 is 0 Å². The van der Waals surface area contributed by atoms with Crippen molar-refractivity contribution >= 4 is 27.3 Å². The van der Waals surface area contributed by atoms with Crippen LogP contribution in [-0.4, -0.2) is 27.1 Å². The maximum Gasteiger partial charge on any atom is 0.251 e. The maximum atomic E-state index is 13.1. The molecule has 1 unspecified atom stereocenters. The molecule has 8 nitrogen and oxygen atoms in total. The number of anilines is 1. The zero-order chi connectivity index (χ0) is 21.6. The van der Waals surface area contributed by atoms with Crippen LogP contribution < -0.4 is 9.62 Å². The van der Waals surface area contributed by atoms with E-state index in [4.69, 9.17) is 5.53 Å². The molecule has 0 saturated heterocycles. The first-order valence-electron chi connectivity index (χ1n) is 8.90. The van der Waals surface area contributed by atoms with Gasteiger partial charge in [-0.25, -0.2) is 12.8 Å². The fourth-order valence-electron chi connectivity index (χ4n) is 2.78. The molecule has 0 heterocycles. The number of benzene rings is 2. The second-order valence-electron chi connectivity index (χ2n) is 6.51. The molecular formula is C19H22FN5O3S. The summed E-state index contributed by atoms with van der Waals surface area (Å²) in [5.74, 6) is -0.862. The van der Waals surface area contributed by atoms with E-state index in [9.17, 15) is 17.6 Å². The standard InChI is InChI=1S/C19H22FN5O3S/c1-4-9-25(29(3,27)28)18-11-15(10-17(12-18)23-24-21)19(26)22-13(2)14-5-7-16(20)8-6-14/h5-8,10-13H,4,9H2,1-3H3,(H,22,26). The quantitative estimate of drug-likeness (QED) is 0.387. The summed E-state index contributed by atoms with van der Waals surface area (Å²) in [6.45, 7) is 3.78. The molecule has 2 aromatic carbocycles. The highest BCUT2D eigenvalue weighted by Gasteiger charge is 2.20. The van der Waals surface area contributed by atoms with E-state index in [1.807, 2.05) is 6.92 Å². The molecule has 0 spiro atoms. The lowest BCUT2D eigenvalue weighted by Crippen LogP contribution is -2.31. The molecule has 154 valence electrons. The predicted molar refractivity (Wildman–Crippen MR) is 110 cm³/mol. The van der Waals surface area contributed by atoms with E-state index in [0.717, 1.165) is 10.6 Å². The topological polar surface area (TPSA) is 115 Å². The highest BCUT2D eigenvalue weighted by atomic mass is 32.2. The first kappa shape index (κ1) is 22.2. The van der Waals surface area contributed by atoms with Gasteiger partial charge in [0.1, 0.15) is 5.82 Å². The molecule has 0 radical (unpaired) electrons. The molecule has 0 aromatic heterocycles. The smallest absolute Gasteiger partial charge is 0.251 e. The lowest BCUT2D eigenvalue weighted by molar-refractivity contribution is 0.0940. The van der Waals surface area contributed by atoms with Gasteiger partial charge in [0.05, 0.1) is 18.0 Å². The fourth-order valence-corrected chi connectivity index (χ4v) is 3.79. The number of azide groups is 1. The second kappa shape index (κ2) is 9.40. The third-order valence-electron chi connectivity index (χ3n) is 4.16. The molecule has 0 saturated carbocycles. The minimum atomic E-state index is -3.59. The molecular weight excluding hydrogens is 397 g/mol. The van der Waals surface area contributed by atoms with E-state index < -0.39 is 22.0 Å². The highest BCUT2D eigenvalue weighted by molar-refractivity contribution is 7.92. The van der Waals surface area contributed by atoms with Crippen molar-refractivity contribution in [2.24, 2.45) is 5.11 Å². The van der Waals surface area contributed by atoms with Gasteiger partial charge in [0.25, 0.3) is 5.91 Å². The number of nitrogens with one attached hydrogen (secondary N) is 1. The van der Waals surface area contributed by atoms with Gasteiger partial charge in [0.2, 0.25) is 10.0 Å². The van der Waals surface area contributed by atoms with Crippen LogP contribution in [0, 0.1) is 5.82 Å². The average molecular weight is 419 g/mol. The summed E-state index contributed by atoms with van der Waals surface area (Å²) in [7, 11) is -3.59. The Kier molecular flexibility index (Phi) is 7.19. The van der Waals surface area contributed by atoms with Crippen molar-refractivity contribution in [1.82, 2.24) is 5.32 Å². The van der Waals surface area contributed by atoms with E-state index in [-0.39, 0.29) is 29.3 Å². The summed E-state index contributed by atoms with van der Waals surface area (Å²) >= 11 is 0.